The molecule has 0 atom stereocenters. The van der Waals surface area contributed by atoms with Gasteiger partial charge in [0.1, 0.15) is 23.9 Å². The molecule has 0 amide bonds. The summed E-state index contributed by atoms with van der Waals surface area (Å²) in [6.07, 6.45) is -4.70. The summed E-state index contributed by atoms with van der Waals surface area (Å²) in [5.41, 5.74) is -3.16. The highest BCUT2D eigenvalue weighted by Gasteiger charge is 2.34. The van der Waals surface area contributed by atoms with Crippen molar-refractivity contribution in [2.75, 3.05) is 12.4 Å². The van der Waals surface area contributed by atoms with Crippen LogP contribution in [0.3, 0.4) is 0 Å². The number of allylic oxidation sites excluding steroid dienone is 2. The number of carbonyl (C=O) groups excluding carboxylic acids is 1. The number of alkyl halides is 3. The summed E-state index contributed by atoms with van der Waals surface area (Å²) in [4.78, 5) is 11.8. The average Bonchev–Trinajstić information content (AvgIpc) is 2.53. The molecule has 1 aromatic carbocycles. The van der Waals surface area contributed by atoms with Gasteiger partial charge in [-0.15, -0.1) is 0 Å². The van der Waals surface area contributed by atoms with E-state index in [2.05, 4.69) is 10.1 Å². The Bertz CT molecular complexity index is 820. The number of anilines is 1. The summed E-state index contributed by atoms with van der Waals surface area (Å²) in [5.74, 6) is -0.943. The Morgan fingerprint density at radius 3 is 2.17 bits per heavy atom. The van der Waals surface area contributed by atoms with E-state index >= 15 is 0 Å². The number of hydrogen-bond acceptors (Lipinski definition) is 6. The van der Waals surface area contributed by atoms with Gasteiger partial charge in [-0.3, -0.25) is 0 Å². The van der Waals surface area contributed by atoms with E-state index in [0.717, 1.165) is 20.1 Å². The molecular formula is C15H9F3N4O2. The molecule has 1 rings (SSSR count). The smallest absolute Gasteiger partial charge is 0.416 e. The predicted octanol–water partition coefficient (Wildman–Crippen LogP) is 3.04. The number of methoxy groups -OCH3 is 1. The topological polar surface area (TPSA) is 110 Å². The summed E-state index contributed by atoms with van der Waals surface area (Å²) < 4.78 is 43.6. The molecule has 1 aromatic rings. The van der Waals surface area contributed by atoms with Crippen LogP contribution >= 0.6 is 0 Å². The maximum atomic E-state index is 13.0. The van der Waals surface area contributed by atoms with Crippen molar-refractivity contribution in [3.05, 3.63) is 40.1 Å². The maximum absolute atomic E-state index is 13.0. The van der Waals surface area contributed by atoms with E-state index in [1.54, 1.807) is 0 Å². The van der Waals surface area contributed by atoms with E-state index in [1.807, 2.05) is 0 Å². The van der Waals surface area contributed by atoms with Crippen LogP contribution in [-0.4, -0.2) is 13.1 Å². The number of nitrogens with one attached hydrogen (secondary N) is 1. The van der Waals surface area contributed by atoms with Crippen LogP contribution in [0.2, 0.25) is 0 Å². The first-order valence-electron chi connectivity index (χ1n) is 6.21. The third-order valence-corrected chi connectivity index (χ3v) is 2.92. The normalized spacial score (nSPS) is 9.92. The number of nitrogens with zero attached hydrogens (tertiary/aromatic N) is 3. The van der Waals surface area contributed by atoms with Crippen LogP contribution in [0.4, 0.5) is 18.9 Å². The number of halogens is 3. The van der Waals surface area contributed by atoms with Gasteiger partial charge in [0.15, 0.2) is 5.57 Å². The molecule has 1 N–H and O–H groups in total. The second-order valence-electron chi connectivity index (χ2n) is 4.41. The zero-order valence-electron chi connectivity index (χ0n) is 12.4. The van der Waals surface area contributed by atoms with Gasteiger partial charge in [-0.25, -0.2) is 4.79 Å². The van der Waals surface area contributed by atoms with Gasteiger partial charge in [0.2, 0.25) is 0 Å². The van der Waals surface area contributed by atoms with Crippen molar-refractivity contribution in [1.29, 1.82) is 15.8 Å². The fourth-order valence-electron chi connectivity index (χ4n) is 1.81. The largest absolute Gasteiger partial charge is 0.465 e. The molecule has 0 aliphatic carbocycles. The monoisotopic (exact) mass is 334 g/mol. The molecule has 0 spiro atoms. The number of benzene rings is 1. The zero-order chi connectivity index (χ0) is 18.5. The third kappa shape index (κ3) is 3.82. The fourth-order valence-corrected chi connectivity index (χ4v) is 1.81. The van der Waals surface area contributed by atoms with Crippen LogP contribution in [0.25, 0.3) is 0 Å². The van der Waals surface area contributed by atoms with Gasteiger partial charge in [0.25, 0.3) is 0 Å². The lowest BCUT2D eigenvalue weighted by Gasteiger charge is -2.16. The summed E-state index contributed by atoms with van der Waals surface area (Å²) in [6.45, 7) is 1.16. The Morgan fingerprint density at radius 2 is 1.75 bits per heavy atom. The second kappa shape index (κ2) is 7.17. The SMILES string of the molecule is COC(=O)c1cc(C)c(C(F)(F)F)cc1NC(C#N)=C(C#N)C#N. The second-order valence-corrected chi connectivity index (χ2v) is 4.41. The molecule has 0 fully saturated rings. The van der Waals surface area contributed by atoms with Crippen molar-refractivity contribution in [1.82, 2.24) is 0 Å². The van der Waals surface area contributed by atoms with Crippen molar-refractivity contribution in [2.24, 2.45) is 0 Å². The molecule has 0 aliphatic rings. The van der Waals surface area contributed by atoms with Crippen LogP contribution in [0.5, 0.6) is 0 Å². The molecule has 0 unspecified atom stereocenters. The van der Waals surface area contributed by atoms with E-state index in [1.165, 1.54) is 18.2 Å². The van der Waals surface area contributed by atoms with Gasteiger partial charge in [0.05, 0.1) is 23.9 Å². The molecule has 6 nitrogen and oxygen atoms in total. The summed E-state index contributed by atoms with van der Waals surface area (Å²) >= 11 is 0. The summed E-state index contributed by atoms with van der Waals surface area (Å²) in [5, 5.41) is 28.7. The highest BCUT2D eigenvalue weighted by molar-refractivity contribution is 5.96. The average molecular weight is 334 g/mol. The summed E-state index contributed by atoms with van der Waals surface area (Å²) in [7, 11) is 1.04. The number of esters is 1. The minimum absolute atomic E-state index is 0.225. The first-order valence-corrected chi connectivity index (χ1v) is 6.21. The first kappa shape index (κ1) is 18.5. The molecule has 122 valence electrons. The van der Waals surface area contributed by atoms with Gasteiger partial charge >= 0.3 is 12.1 Å². The molecule has 0 heterocycles. The standard InChI is InChI=1S/C15H9F3N4O2/c1-8-3-10(14(23)24-2)12(4-11(8)15(16,17)18)22-13(7-21)9(5-19)6-20/h3-4,22H,1-2H3. The fraction of sp³-hybridized carbons (Fsp3) is 0.200. The number of ether oxygens (including phenoxy) is 1. The molecule has 0 saturated carbocycles. The quantitative estimate of drug-likeness (QED) is 0.672. The van der Waals surface area contributed by atoms with Crippen LogP contribution in [0.1, 0.15) is 21.5 Å². The molecule has 0 bridgehead atoms. The molecular weight excluding hydrogens is 325 g/mol. The van der Waals surface area contributed by atoms with Crippen molar-refractivity contribution in [2.45, 2.75) is 13.1 Å². The van der Waals surface area contributed by atoms with Crippen molar-refractivity contribution >= 4 is 11.7 Å². The minimum Gasteiger partial charge on any atom is -0.465 e. The lowest BCUT2D eigenvalue weighted by Crippen LogP contribution is -2.14. The lowest BCUT2D eigenvalue weighted by molar-refractivity contribution is -0.138. The Labute approximate surface area is 135 Å². The minimum atomic E-state index is -4.70. The van der Waals surface area contributed by atoms with Crippen LogP contribution in [0.15, 0.2) is 23.4 Å². The molecule has 9 heteroatoms. The number of hydrogen-bond donors (Lipinski definition) is 1. The van der Waals surface area contributed by atoms with Crippen molar-refractivity contribution < 1.29 is 22.7 Å². The van der Waals surface area contributed by atoms with Crippen LogP contribution in [-0.2, 0) is 10.9 Å². The highest BCUT2D eigenvalue weighted by atomic mass is 19.4. The highest BCUT2D eigenvalue weighted by Crippen LogP contribution is 2.35. The van der Waals surface area contributed by atoms with Crippen molar-refractivity contribution in [3.8, 4) is 18.2 Å². The molecule has 0 radical (unpaired) electrons. The van der Waals surface area contributed by atoms with Crippen LogP contribution in [0, 0.1) is 40.9 Å². The Hall–Kier alpha value is -3.51. The van der Waals surface area contributed by atoms with E-state index in [4.69, 9.17) is 15.8 Å². The first-order chi connectivity index (χ1) is 11.2. The lowest BCUT2D eigenvalue weighted by atomic mass is 10.0. The Kier molecular flexibility index (Phi) is 5.54. The number of rotatable bonds is 3. The van der Waals surface area contributed by atoms with E-state index in [-0.39, 0.29) is 11.1 Å². The van der Waals surface area contributed by atoms with E-state index in [9.17, 15) is 18.0 Å². The third-order valence-electron chi connectivity index (χ3n) is 2.92. The molecule has 0 aromatic heterocycles. The van der Waals surface area contributed by atoms with E-state index in [0.29, 0.717) is 6.07 Å². The number of aryl methyl sites for hydroxylation is 1. The predicted molar refractivity (Wildman–Crippen MR) is 75.0 cm³/mol. The van der Waals surface area contributed by atoms with Gasteiger partial charge in [0, 0.05) is 0 Å². The van der Waals surface area contributed by atoms with Crippen molar-refractivity contribution in [3.63, 3.8) is 0 Å². The summed E-state index contributed by atoms with van der Waals surface area (Å²) in [6, 6.07) is 5.94. The number of carbonyl (C=O) groups is 1. The van der Waals surface area contributed by atoms with Gasteiger partial charge < -0.3 is 10.1 Å². The van der Waals surface area contributed by atoms with Gasteiger partial charge in [-0.05, 0) is 24.6 Å². The van der Waals surface area contributed by atoms with Gasteiger partial charge in [-0.1, -0.05) is 0 Å². The Balaban J connectivity index is 3.64. The van der Waals surface area contributed by atoms with Crippen LogP contribution < -0.4 is 5.32 Å². The Morgan fingerprint density at radius 1 is 1.17 bits per heavy atom. The molecule has 0 aliphatic heterocycles. The molecule has 0 saturated heterocycles. The zero-order valence-corrected chi connectivity index (χ0v) is 12.4. The van der Waals surface area contributed by atoms with E-state index < -0.39 is 34.7 Å². The molecule has 24 heavy (non-hydrogen) atoms. The van der Waals surface area contributed by atoms with Gasteiger partial charge in [-0.2, -0.15) is 29.0 Å². The maximum Gasteiger partial charge on any atom is 0.416 e. The number of nitriles is 3.